The number of rotatable bonds is 2. The molecule has 0 aromatic carbocycles. The molecule has 0 radical (unpaired) electrons. The number of nitrogens with two attached hydrogens (primary N) is 1. The van der Waals surface area contributed by atoms with Crippen LogP contribution in [0.15, 0.2) is 24.9 Å². The van der Waals surface area contributed by atoms with Crippen LogP contribution >= 0.6 is 0 Å². The third kappa shape index (κ3) is 1.97. The summed E-state index contributed by atoms with van der Waals surface area (Å²) in [5.74, 6) is -0.382. The molecule has 0 spiro atoms. The average molecular weight is 218 g/mol. The zero-order valence-electron chi connectivity index (χ0n) is 8.58. The zero-order valence-corrected chi connectivity index (χ0v) is 8.58. The van der Waals surface area contributed by atoms with E-state index in [1.54, 1.807) is 13.2 Å². The second-order valence-electron chi connectivity index (χ2n) is 3.19. The summed E-state index contributed by atoms with van der Waals surface area (Å²) < 4.78 is 1.48. The lowest BCUT2D eigenvalue weighted by Crippen LogP contribution is -2.14. The van der Waals surface area contributed by atoms with Crippen molar-refractivity contribution < 1.29 is 4.79 Å². The predicted molar refractivity (Wildman–Crippen MR) is 57.6 cm³/mol. The summed E-state index contributed by atoms with van der Waals surface area (Å²) in [5.41, 5.74) is 6.64. The van der Waals surface area contributed by atoms with Gasteiger partial charge in [0.05, 0.1) is 23.8 Å². The van der Waals surface area contributed by atoms with E-state index in [1.165, 1.54) is 23.4 Å². The molecule has 16 heavy (non-hydrogen) atoms. The van der Waals surface area contributed by atoms with Gasteiger partial charge in [0.15, 0.2) is 5.69 Å². The molecule has 1 amide bonds. The SMILES string of the molecule is Cn1cc(N)c(C(=O)Nc2cncnc2)n1. The number of hydrogen-bond donors (Lipinski definition) is 2. The average Bonchev–Trinajstić information content (AvgIpc) is 2.59. The van der Waals surface area contributed by atoms with Crippen molar-refractivity contribution in [2.24, 2.45) is 7.05 Å². The van der Waals surface area contributed by atoms with Gasteiger partial charge in [-0.25, -0.2) is 9.97 Å². The summed E-state index contributed by atoms with van der Waals surface area (Å²) >= 11 is 0. The van der Waals surface area contributed by atoms with Gasteiger partial charge in [-0.15, -0.1) is 0 Å². The van der Waals surface area contributed by atoms with Gasteiger partial charge in [0.25, 0.3) is 5.91 Å². The number of hydrogen-bond acceptors (Lipinski definition) is 5. The maximum Gasteiger partial charge on any atom is 0.278 e. The van der Waals surface area contributed by atoms with E-state index in [0.717, 1.165) is 0 Å². The van der Waals surface area contributed by atoms with E-state index in [-0.39, 0.29) is 11.6 Å². The summed E-state index contributed by atoms with van der Waals surface area (Å²) in [4.78, 5) is 19.3. The highest BCUT2D eigenvalue weighted by Gasteiger charge is 2.13. The summed E-state index contributed by atoms with van der Waals surface area (Å²) in [6.07, 6.45) is 5.93. The van der Waals surface area contributed by atoms with Crippen LogP contribution in [0.4, 0.5) is 11.4 Å². The molecular weight excluding hydrogens is 208 g/mol. The summed E-state index contributed by atoms with van der Waals surface area (Å²) in [6, 6.07) is 0. The minimum atomic E-state index is -0.382. The summed E-state index contributed by atoms with van der Waals surface area (Å²) in [7, 11) is 1.69. The second-order valence-corrected chi connectivity index (χ2v) is 3.19. The quantitative estimate of drug-likeness (QED) is 0.741. The van der Waals surface area contributed by atoms with Gasteiger partial charge >= 0.3 is 0 Å². The molecule has 0 saturated carbocycles. The van der Waals surface area contributed by atoms with Crippen LogP contribution in [-0.4, -0.2) is 25.7 Å². The maximum absolute atomic E-state index is 11.7. The van der Waals surface area contributed by atoms with Crippen molar-refractivity contribution in [2.45, 2.75) is 0 Å². The molecule has 2 aromatic heterocycles. The van der Waals surface area contributed by atoms with E-state index in [4.69, 9.17) is 5.73 Å². The lowest BCUT2D eigenvalue weighted by molar-refractivity contribution is 0.102. The molecule has 7 nitrogen and oxygen atoms in total. The first-order valence-corrected chi connectivity index (χ1v) is 4.52. The highest BCUT2D eigenvalue weighted by atomic mass is 16.2. The van der Waals surface area contributed by atoms with Crippen LogP contribution in [0.25, 0.3) is 0 Å². The van der Waals surface area contributed by atoms with Crippen LogP contribution in [-0.2, 0) is 7.05 Å². The molecule has 0 saturated heterocycles. The molecule has 2 aromatic rings. The topological polar surface area (TPSA) is 98.7 Å². The standard InChI is InChI=1S/C9H10N6O/c1-15-4-7(10)8(14-15)9(16)13-6-2-11-5-12-3-6/h2-5H,10H2,1H3,(H,13,16). The molecule has 0 atom stereocenters. The highest BCUT2D eigenvalue weighted by molar-refractivity contribution is 6.05. The van der Waals surface area contributed by atoms with Gasteiger partial charge in [-0.2, -0.15) is 5.10 Å². The fourth-order valence-corrected chi connectivity index (χ4v) is 1.24. The fraction of sp³-hybridized carbons (Fsp3) is 0.111. The number of carbonyl (C=O) groups excluding carboxylic acids is 1. The van der Waals surface area contributed by atoms with E-state index in [0.29, 0.717) is 11.4 Å². The van der Waals surface area contributed by atoms with Gasteiger partial charge in [0, 0.05) is 13.2 Å². The molecule has 0 unspecified atom stereocenters. The Kier molecular flexibility index (Phi) is 2.50. The molecule has 7 heteroatoms. The number of aryl methyl sites for hydroxylation is 1. The minimum absolute atomic E-state index is 0.186. The van der Waals surface area contributed by atoms with Crippen molar-refractivity contribution in [3.63, 3.8) is 0 Å². The van der Waals surface area contributed by atoms with Gasteiger partial charge < -0.3 is 11.1 Å². The van der Waals surface area contributed by atoms with E-state index < -0.39 is 0 Å². The van der Waals surface area contributed by atoms with Crippen molar-refractivity contribution in [3.05, 3.63) is 30.6 Å². The van der Waals surface area contributed by atoms with Gasteiger partial charge in [0.1, 0.15) is 6.33 Å². The first-order valence-electron chi connectivity index (χ1n) is 4.52. The van der Waals surface area contributed by atoms with Gasteiger partial charge in [-0.3, -0.25) is 9.48 Å². The lowest BCUT2D eigenvalue weighted by Gasteiger charge is -2.01. The van der Waals surface area contributed by atoms with E-state index >= 15 is 0 Å². The van der Waals surface area contributed by atoms with Gasteiger partial charge in [-0.05, 0) is 0 Å². The molecule has 2 rings (SSSR count). The smallest absolute Gasteiger partial charge is 0.278 e. The van der Waals surface area contributed by atoms with Crippen molar-refractivity contribution in [2.75, 3.05) is 11.1 Å². The van der Waals surface area contributed by atoms with Crippen LogP contribution in [0, 0.1) is 0 Å². The fourth-order valence-electron chi connectivity index (χ4n) is 1.24. The minimum Gasteiger partial charge on any atom is -0.396 e. The summed E-state index contributed by atoms with van der Waals surface area (Å²) in [5, 5.41) is 6.54. The molecule has 0 aliphatic rings. The Bertz CT molecular complexity index is 506. The molecule has 0 aliphatic heterocycles. The lowest BCUT2D eigenvalue weighted by atomic mass is 10.3. The molecule has 82 valence electrons. The molecular formula is C9H10N6O. The number of nitrogen functional groups attached to an aromatic ring is 1. The van der Waals surface area contributed by atoms with Crippen LogP contribution in [0.2, 0.25) is 0 Å². The molecule has 0 bridgehead atoms. The normalized spacial score (nSPS) is 10.1. The van der Waals surface area contributed by atoms with Gasteiger partial charge in [-0.1, -0.05) is 0 Å². The maximum atomic E-state index is 11.7. The predicted octanol–water partition coefficient (Wildman–Crippen LogP) is 0.0446. The first kappa shape index (κ1) is 10.1. The van der Waals surface area contributed by atoms with E-state index in [2.05, 4.69) is 20.4 Å². The number of carbonyl (C=O) groups is 1. The number of anilines is 2. The molecule has 3 N–H and O–H groups in total. The van der Waals surface area contributed by atoms with E-state index in [9.17, 15) is 4.79 Å². The Morgan fingerprint density at radius 2 is 2.12 bits per heavy atom. The van der Waals surface area contributed by atoms with Crippen LogP contribution in [0.3, 0.4) is 0 Å². The Morgan fingerprint density at radius 3 is 2.69 bits per heavy atom. The number of amides is 1. The number of nitrogens with one attached hydrogen (secondary N) is 1. The molecule has 0 aliphatic carbocycles. The van der Waals surface area contributed by atoms with Crippen LogP contribution in [0.1, 0.15) is 10.5 Å². The van der Waals surface area contributed by atoms with Crippen LogP contribution in [0.5, 0.6) is 0 Å². The van der Waals surface area contributed by atoms with Crippen molar-refractivity contribution in [3.8, 4) is 0 Å². The Labute approximate surface area is 91.3 Å². The Balaban J connectivity index is 2.18. The third-order valence-corrected chi connectivity index (χ3v) is 1.89. The first-order chi connectivity index (χ1) is 7.66. The van der Waals surface area contributed by atoms with Crippen molar-refractivity contribution >= 4 is 17.3 Å². The Morgan fingerprint density at radius 1 is 1.44 bits per heavy atom. The van der Waals surface area contributed by atoms with Crippen molar-refractivity contribution in [1.29, 1.82) is 0 Å². The van der Waals surface area contributed by atoms with E-state index in [1.807, 2.05) is 0 Å². The monoisotopic (exact) mass is 218 g/mol. The number of nitrogens with zero attached hydrogens (tertiary/aromatic N) is 4. The molecule has 2 heterocycles. The molecule has 0 fully saturated rings. The van der Waals surface area contributed by atoms with Gasteiger partial charge in [0.2, 0.25) is 0 Å². The second kappa shape index (κ2) is 3.97. The Hall–Kier alpha value is -2.44. The summed E-state index contributed by atoms with van der Waals surface area (Å²) in [6.45, 7) is 0. The highest BCUT2D eigenvalue weighted by Crippen LogP contribution is 2.10. The van der Waals surface area contributed by atoms with Crippen LogP contribution < -0.4 is 11.1 Å². The largest absolute Gasteiger partial charge is 0.396 e. The third-order valence-electron chi connectivity index (χ3n) is 1.89. The zero-order chi connectivity index (χ0) is 11.5. The van der Waals surface area contributed by atoms with Crippen molar-refractivity contribution in [1.82, 2.24) is 19.7 Å². The number of aromatic nitrogens is 4.